The summed E-state index contributed by atoms with van der Waals surface area (Å²) in [5.41, 5.74) is 0.0481. The van der Waals surface area contributed by atoms with Gasteiger partial charge in [-0.05, 0) is 37.5 Å². The molecule has 0 aliphatic carbocycles. The quantitative estimate of drug-likeness (QED) is 0.809. The predicted octanol–water partition coefficient (Wildman–Crippen LogP) is 0.489. The van der Waals surface area contributed by atoms with Crippen molar-refractivity contribution in [2.24, 2.45) is 5.41 Å². The van der Waals surface area contributed by atoms with Gasteiger partial charge in [0.1, 0.15) is 0 Å². The molecule has 0 radical (unpaired) electrons. The average Bonchev–Trinajstić information content (AvgIpc) is 3.15. The van der Waals surface area contributed by atoms with E-state index in [1.54, 1.807) is 18.0 Å². The number of amides is 1. The summed E-state index contributed by atoms with van der Waals surface area (Å²) in [5, 5.41) is 0. The third-order valence-corrected chi connectivity index (χ3v) is 7.23. The number of aromatic amines is 2. The van der Waals surface area contributed by atoms with Crippen molar-refractivity contribution in [1.29, 1.82) is 0 Å². The fourth-order valence-corrected chi connectivity index (χ4v) is 5.56. The van der Waals surface area contributed by atoms with Crippen LogP contribution in [0.15, 0.2) is 27.9 Å². The van der Waals surface area contributed by atoms with E-state index in [1.807, 2.05) is 0 Å². The maximum absolute atomic E-state index is 13.0. The smallest absolute Gasteiger partial charge is 0.323 e. The first-order valence-electron chi connectivity index (χ1n) is 8.30. The summed E-state index contributed by atoms with van der Waals surface area (Å²) >= 11 is 0. The van der Waals surface area contributed by atoms with Crippen LogP contribution in [0.3, 0.4) is 0 Å². The molecule has 2 aliphatic rings. The van der Waals surface area contributed by atoms with Crippen LogP contribution >= 0.6 is 0 Å². The number of nitrogens with one attached hydrogen (secondary N) is 2. The zero-order valence-corrected chi connectivity index (χ0v) is 14.7. The van der Waals surface area contributed by atoms with Crippen molar-refractivity contribution in [3.63, 3.8) is 0 Å². The van der Waals surface area contributed by atoms with Crippen LogP contribution in [0.25, 0.3) is 11.0 Å². The van der Waals surface area contributed by atoms with E-state index in [0.29, 0.717) is 24.0 Å². The number of sulfonamides is 1. The Bertz CT molecular complexity index is 1010. The minimum atomic E-state index is -3.71. The fourth-order valence-electron chi connectivity index (χ4n) is 4.01. The van der Waals surface area contributed by atoms with E-state index < -0.39 is 15.4 Å². The molecular formula is C16H20N4O4S. The molecule has 1 aromatic carbocycles. The molecule has 1 amide bonds. The maximum Gasteiger partial charge on any atom is 0.323 e. The van der Waals surface area contributed by atoms with E-state index in [2.05, 4.69) is 9.97 Å². The van der Waals surface area contributed by atoms with Gasteiger partial charge in [-0.25, -0.2) is 13.2 Å². The normalized spacial score (nSPS) is 25.3. The van der Waals surface area contributed by atoms with Crippen LogP contribution in [0, 0.1) is 5.41 Å². The number of aromatic nitrogens is 2. The third-order valence-electron chi connectivity index (χ3n) is 5.39. The molecule has 9 heteroatoms. The first-order valence-corrected chi connectivity index (χ1v) is 9.74. The molecule has 0 bridgehead atoms. The molecule has 2 aliphatic heterocycles. The third kappa shape index (κ3) is 2.49. The highest BCUT2D eigenvalue weighted by Crippen LogP contribution is 2.41. The molecule has 1 aromatic heterocycles. The Morgan fingerprint density at radius 2 is 1.84 bits per heavy atom. The van der Waals surface area contributed by atoms with Crippen LogP contribution in [-0.4, -0.2) is 60.2 Å². The van der Waals surface area contributed by atoms with E-state index in [0.717, 1.165) is 19.4 Å². The van der Waals surface area contributed by atoms with Crippen molar-refractivity contribution >= 4 is 27.0 Å². The lowest BCUT2D eigenvalue weighted by Gasteiger charge is -2.37. The summed E-state index contributed by atoms with van der Waals surface area (Å²) < 4.78 is 27.4. The predicted molar refractivity (Wildman–Crippen MR) is 91.6 cm³/mol. The number of imidazole rings is 1. The summed E-state index contributed by atoms with van der Waals surface area (Å²) in [5.74, 6) is 0.0434. The lowest BCUT2D eigenvalue weighted by Crippen LogP contribution is -2.48. The number of carbonyl (C=O) groups is 1. The second-order valence-corrected chi connectivity index (χ2v) is 8.92. The van der Waals surface area contributed by atoms with Crippen LogP contribution in [0.1, 0.15) is 19.3 Å². The summed E-state index contributed by atoms with van der Waals surface area (Å²) in [4.78, 5) is 31.0. The van der Waals surface area contributed by atoms with Gasteiger partial charge in [0.2, 0.25) is 15.9 Å². The van der Waals surface area contributed by atoms with Gasteiger partial charge in [0.25, 0.3) is 0 Å². The van der Waals surface area contributed by atoms with Crippen LogP contribution < -0.4 is 5.69 Å². The number of hydrogen-bond donors (Lipinski definition) is 2. The largest absolute Gasteiger partial charge is 0.345 e. The number of likely N-dealkylation sites (tertiary alicyclic amines) is 1. The number of H-pyrrole nitrogens is 2. The van der Waals surface area contributed by atoms with Crippen LogP contribution in [0.2, 0.25) is 0 Å². The van der Waals surface area contributed by atoms with E-state index in [-0.39, 0.29) is 23.0 Å². The second kappa shape index (κ2) is 5.43. The Morgan fingerprint density at radius 3 is 2.64 bits per heavy atom. The van der Waals surface area contributed by atoms with Gasteiger partial charge in [-0.1, -0.05) is 0 Å². The zero-order valence-electron chi connectivity index (χ0n) is 13.9. The monoisotopic (exact) mass is 364 g/mol. The Labute approximate surface area is 144 Å². The molecule has 1 spiro atoms. The summed E-state index contributed by atoms with van der Waals surface area (Å²) in [6.07, 6.45) is 2.18. The van der Waals surface area contributed by atoms with Gasteiger partial charge in [-0.2, -0.15) is 4.31 Å². The minimum absolute atomic E-state index is 0.0434. The maximum atomic E-state index is 13.0. The molecule has 0 saturated carbocycles. The molecule has 2 N–H and O–H groups in total. The lowest BCUT2D eigenvalue weighted by molar-refractivity contribution is -0.143. The molecule has 4 rings (SSSR count). The molecule has 0 unspecified atom stereocenters. The van der Waals surface area contributed by atoms with Gasteiger partial charge in [0.05, 0.1) is 21.3 Å². The Hall–Kier alpha value is -2.13. The van der Waals surface area contributed by atoms with Crippen molar-refractivity contribution in [2.45, 2.75) is 24.2 Å². The SMILES string of the molecule is CN1CCC[C@]2(CCN(S(=O)(=O)c3ccc4[nH]c(=O)[nH]c4c3)C2)C1=O. The van der Waals surface area contributed by atoms with E-state index in [4.69, 9.17) is 0 Å². The van der Waals surface area contributed by atoms with Gasteiger partial charge in [-0.15, -0.1) is 0 Å². The van der Waals surface area contributed by atoms with E-state index in [1.165, 1.54) is 16.4 Å². The van der Waals surface area contributed by atoms with Gasteiger partial charge < -0.3 is 14.9 Å². The lowest BCUT2D eigenvalue weighted by atomic mass is 9.78. The topological polar surface area (TPSA) is 106 Å². The van der Waals surface area contributed by atoms with Crippen molar-refractivity contribution in [3.8, 4) is 0 Å². The first-order chi connectivity index (χ1) is 11.8. The highest BCUT2D eigenvalue weighted by Gasteiger charge is 2.50. The number of nitrogens with zero attached hydrogens (tertiary/aromatic N) is 2. The molecule has 25 heavy (non-hydrogen) atoms. The molecule has 134 valence electrons. The fraction of sp³-hybridized carbons (Fsp3) is 0.500. The van der Waals surface area contributed by atoms with Crippen molar-refractivity contribution in [1.82, 2.24) is 19.2 Å². The molecule has 3 heterocycles. The van der Waals surface area contributed by atoms with Crippen molar-refractivity contribution in [3.05, 3.63) is 28.7 Å². The summed E-state index contributed by atoms with van der Waals surface area (Å²) in [6.45, 7) is 1.29. The standard InChI is InChI=1S/C16H20N4O4S/c1-19-7-2-5-16(14(19)21)6-8-20(10-16)25(23,24)11-3-4-12-13(9-11)18-15(22)17-12/h3-4,9H,2,5-8,10H2,1H3,(H2,17,18,22)/t16-/m1/s1. The first kappa shape index (κ1) is 16.3. The zero-order chi connectivity index (χ0) is 17.8. The number of piperidine rings is 1. The van der Waals surface area contributed by atoms with Crippen molar-refractivity contribution < 1.29 is 13.2 Å². The molecule has 2 fully saturated rings. The van der Waals surface area contributed by atoms with Crippen molar-refractivity contribution in [2.75, 3.05) is 26.7 Å². The molecule has 2 aromatic rings. The molecule has 2 saturated heterocycles. The highest BCUT2D eigenvalue weighted by atomic mass is 32.2. The Kier molecular flexibility index (Phi) is 3.55. The number of rotatable bonds is 2. The van der Waals surface area contributed by atoms with E-state index >= 15 is 0 Å². The van der Waals surface area contributed by atoms with Gasteiger partial charge in [0, 0.05) is 26.7 Å². The number of benzene rings is 1. The van der Waals surface area contributed by atoms with E-state index in [9.17, 15) is 18.0 Å². The Balaban J connectivity index is 1.66. The van der Waals surface area contributed by atoms with Gasteiger partial charge >= 0.3 is 5.69 Å². The average molecular weight is 364 g/mol. The minimum Gasteiger partial charge on any atom is -0.345 e. The van der Waals surface area contributed by atoms with Crippen LogP contribution in [0.4, 0.5) is 0 Å². The molecular weight excluding hydrogens is 344 g/mol. The highest BCUT2D eigenvalue weighted by molar-refractivity contribution is 7.89. The van der Waals surface area contributed by atoms with Gasteiger partial charge in [0.15, 0.2) is 0 Å². The molecule has 1 atom stereocenters. The number of hydrogen-bond acceptors (Lipinski definition) is 4. The number of carbonyl (C=O) groups excluding carboxylic acids is 1. The van der Waals surface area contributed by atoms with Crippen LogP contribution in [-0.2, 0) is 14.8 Å². The Morgan fingerprint density at radius 1 is 1.08 bits per heavy atom. The summed E-state index contributed by atoms with van der Waals surface area (Å²) in [6, 6.07) is 4.52. The second-order valence-electron chi connectivity index (χ2n) is 6.99. The van der Waals surface area contributed by atoms with Gasteiger partial charge in [-0.3, -0.25) is 4.79 Å². The number of fused-ring (bicyclic) bond motifs is 1. The summed E-state index contributed by atoms with van der Waals surface area (Å²) in [7, 11) is -1.94. The molecule has 8 nitrogen and oxygen atoms in total. The van der Waals surface area contributed by atoms with Crippen LogP contribution in [0.5, 0.6) is 0 Å².